The molecule has 2 aliphatic heterocycles. The summed E-state index contributed by atoms with van der Waals surface area (Å²) in [5, 5.41) is 9.39. The highest BCUT2D eigenvalue weighted by Crippen LogP contribution is 2.26. The number of nitrogens with zero attached hydrogens (tertiary/aromatic N) is 3. The lowest BCUT2D eigenvalue weighted by Gasteiger charge is -2.40. The van der Waals surface area contributed by atoms with E-state index in [1.165, 1.54) is 0 Å². The van der Waals surface area contributed by atoms with Crippen LogP contribution in [0.4, 0.5) is 0 Å². The van der Waals surface area contributed by atoms with E-state index in [0.717, 1.165) is 50.8 Å². The van der Waals surface area contributed by atoms with Crippen molar-refractivity contribution < 1.29 is 13.5 Å². The highest BCUT2D eigenvalue weighted by molar-refractivity contribution is 7.86. The summed E-state index contributed by atoms with van der Waals surface area (Å²) in [7, 11) is -1.34. The van der Waals surface area contributed by atoms with Crippen LogP contribution in [-0.4, -0.2) is 72.8 Å². The number of phenols is 1. The number of aryl methyl sites for hydroxylation is 1. The molecule has 1 atom stereocenters. The van der Waals surface area contributed by atoms with E-state index in [2.05, 4.69) is 4.90 Å². The third-order valence-electron chi connectivity index (χ3n) is 5.36. The molecule has 0 spiro atoms. The van der Waals surface area contributed by atoms with Crippen molar-refractivity contribution in [3.05, 3.63) is 29.8 Å². The van der Waals surface area contributed by atoms with Crippen molar-refractivity contribution in [2.75, 3.05) is 39.8 Å². The minimum Gasteiger partial charge on any atom is -0.508 e. The highest BCUT2D eigenvalue weighted by atomic mass is 32.2. The van der Waals surface area contributed by atoms with Gasteiger partial charge in [-0.1, -0.05) is 18.6 Å². The summed E-state index contributed by atoms with van der Waals surface area (Å²) >= 11 is 0. The first-order valence-electron chi connectivity index (χ1n) is 9.20. The summed E-state index contributed by atoms with van der Waals surface area (Å²) < 4.78 is 29.6. The predicted molar refractivity (Wildman–Crippen MR) is 98.8 cm³/mol. The zero-order valence-electron chi connectivity index (χ0n) is 15.0. The number of benzene rings is 1. The molecule has 6 nitrogen and oxygen atoms in total. The van der Waals surface area contributed by atoms with Crippen LogP contribution in [0, 0.1) is 0 Å². The smallest absolute Gasteiger partial charge is 0.282 e. The third-order valence-corrected chi connectivity index (χ3v) is 7.45. The molecule has 7 heteroatoms. The first-order chi connectivity index (χ1) is 12.0. The summed E-state index contributed by atoms with van der Waals surface area (Å²) in [6.45, 7) is 3.39. The summed E-state index contributed by atoms with van der Waals surface area (Å²) in [4.78, 5) is 2.17. The summed E-state index contributed by atoms with van der Waals surface area (Å²) in [6, 6.07) is 7.28. The molecule has 2 aliphatic rings. The largest absolute Gasteiger partial charge is 0.508 e. The average molecular weight is 368 g/mol. The minimum absolute atomic E-state index is 0.0761. The zero-order valence-corrected chi connectivity index (χ0v) is 15.8. The Kier molecular flexibility index (Phi) is 5.99. The van der Waals surface area contributed by atoms with E-state index in [1.807, 2.05) is 19.2 Å². The van der Waals surface area contributed by atoms with Crippen LogP contribution in [0.2, 0.25) is 0 Å². The number of piperidine rings is 1. The van der Waals surface area contributed by atoms with Gasteiger partial charge >= 0.3 is 0 Å². The lowest BCUT2D eigenvalue weighted by molar-refractivity contribution is 0.187. The van der Waals surface area contributed by atoms with Crippen LogP contribution in [0.15, 0.2) is 24.3 Å². The van der Waals surface area contributed by atoms with E-state index in [4.69, 9.17) is 0 Å². The van der Waals surface area contributed by atoms with Crippen LogP contribution in [0.25, 0.3) is 0 Å². The Labute approximate surface area is 151 Å². The Morgan fingerprint density at radius 3 is 2.40 bits per heavy atom. The van der Waals surface area contributed by atoms with Gasteiger partial charge in [-0.15, -0.1) is 0 Å². The number of phenolic OH excluding ortho intramolecular Hbond substituents is 1. The van der Waals surface area contributed by atoms with Crippen molar-refractivity contribution >= 4 is 10.2 Å². The Hall–Kier alpha value is -1.15. The van der Waals surface area contributed by atoms with Gasteiger partial charge in [-0.2, -0.15) is 17.0 Å². The topological polar surface area (TPSA) is 64.1 Å². The van der Waals surface area contributed by atoms with Crippen molar-refractivity contribution in [2.24, 2.45) is 0 Å². The summed E-state index contributed by atoms with van der Waals surface area (Å²) in [5.74, 6) is 0.265. The van der Waals surface area contributed by atoms with Gasteiger partial charge in [0.25, 0.3) is 10.2 Å². The molecule has 2 saturated heterocycles. The Balaban J connectivity index is 1.66. The number of hydrogen-bond acceptors (Lipinski definition) is 4. The summed E-state index contributed by atoms with van der Waals surface area (Å²) in [5.41, 5.74) is 1.14. The van der Waals surface area contributed by atoms with E-state index >= 15 is 0 Å². The van der Waals surface area contributed by atoms with E-state index < -0.39 is 10.2 Å². The SMILES string of the molecule is CN1CCN(S(=O)(=O)N2CCCCC2CCc2ccc(O)cc2)CC1. The second-order valence-corrected chi connectivity index (χ2v) is 9.06. The lowest BCUT2D eigenvalue weighted by Crippen LogP contribution is -2.55. The van der Waals surface area contributed by atoms with Crippen LogP contribution < -0.4 is 0 Å². The molecule has 1 unspecified atom stereocenters. The number of rotatable bonds is 5. The quantitative estimate of drug-likeness (QED) is 0.860. The second-order valence-electron chi connectivity index (χ2n) is 7.18. The molecular weight excluding hydrogens is 338 g/mol. The van der Waals surface area contributed by atoms with Gasteiger partial charge in [0.2, 0.25) is 0 Å². The Bertz CT molecular complexity index is 655. The first-order valence-corrected chi connectivity index (χ1v) is 10.6. The van der Waals surface area contributed by atoms with Gasteiger partial charge in [-0.25, -0.2) is 0 Å². The number of piperazine rings is 1. The minimum atomic E-state index is -3.37. The van der Waals surface area contributed by atoms with Gasteiger partial charge < -0.3 is 10.0 Å². The van der Waals surface area contributed by atoms with Crippen molar-refractivity contribution in [3.8, 4) is 5.75 Å². The molecule has 0 radical (unpaired) electrons. The fourth-order valence-corrected chi connectivity index (χ4v) is 5.60. The van der Waals surface area contributed by atoms with Crippen LogP contribution in [0.5, 0.6) is 5.75 Å². The van der Waals surface area contributed by atoms with Gasteiger partial charge in [-0.3, -0.25) is 0 Å². The number of aromatic hydroxyl groups is 1. The van der Waals surface area contributed by atoms with Crippen LogP contribution >= 0.6 is 0 Å². The van der Waals surface area contributed by atoms with Crippen LogP contribution in [-0.2, 0) is 16.6 Å². The lowest BCUT2D eigenvalue weighted by atomic mass is 9.98. The molecular formula is C18H29N3O3S. The fraction of sp³-hybridized carbons (Fsp3) is 0.667. The molecule has 0 aromatic heterocycles. The molecule has 25 heavy (non-hydrogen) atoms. The standard InChI is InChI=1S/C18H29N3O3S/c1-19-12-14-20(15-13-19)25(23,24)21-11-3-2-4-17(21)8-5-16-6-9-18(22)10-7-16/h6-7,9-10,17,22H,2-5,8,11-15H2,1H3. The summed E-state index contributed by atoms with van der Waals surface area (Å²) in [6.07, 6.45) is 4.64. The Morgan fingerprint density at radius 2 is 1.72 bits per heavy atom. The molecule has 0 bridgehead atoms. The van der Waals surface area contributed by atoms with Crippen molar-refractivity contribution in [2.45, 2.75) is 38.1 Å². The average Bonchev–Trinajstić information content (AvgIpc) is 2.62. The maximum atomic E-state index is 13.1. The van der Waals surface area contributed by atoms with Crippen LogP contribution in [0.1, 0.15) is 31.2 Å². The van der Waals surface area contributed by atoms with Gasteiger partial charge in [0.1, 0.15) is 5.75 Å². The molecule has 0 amide bonds. The molecule has 2 fully saturated rings. The predicted octanol–water partition coefficient (Wildman–Crippen LogP) is 1.67. The monoisotopic (exact) mass is 367 g/mol. The second kappa shape index (κ2) is 8.03. The molecule has 1 N–H and O–H groups in total. The van der Waals surface area contributed by atoms with E-state index in [9.17, 15) is 13.5 Å². The van der Waals surface area contributed by atoms with Gasteiger partial charge in [-0.05, 0) is 50.4 Å². The fourth-order valence-electron chi connectivity index (χ4n) is 3.73. The molecule has 3 rings (SSSR count). The molecule has 0 aliphatic carbocycles. The van der Waals surface area contributed by atoms with Crippen molar-refractivity contribution in [3.63, 3.8) is 0 Å². The van der Waals surface area contributed by atoms with E-state index in [-0.39, 0.29) is 11.8 Å². The highest BCUT2D eigenvalue weighted by Gasteiger charge is 2.37. The normalized spacial score (nSPS) is 24.4. The van der Waals surface area contributed by atoms with Crippen molar-refractivity contribution in [1.29, 1.82) is 0 Å². The number of likely N-dealkylation sites (N-methyl/N-ethyl adjacent to an activating group) is 1. The molecule has 2 heterocycles. The Morgan fingerprint density at radius 1 is 1.04 bits per heavy atom. The van der Waals surface area contributed by atoms with Gasteiger partial charge in [0.15, 0.2) is 0 Å². The van der Waals surface area contributed by atoms with Gasteiger partial charge in [0.05, 0.1) is 0 Å². The van der Waals surface area contributed by atoms with Gasteiger partial charge in [0, 0.05) is 38.8 Å². The maximum Gasteiger partial charge on any atom is 0.282 e. The van der Waals surface area contributed by atoms with E-state index in [0.29, 0.717) is 19.6 Å². The third kappa shape index (κ3) is 4.53. The number of hydrogen-bond donors (Lipinski definition) is 1. The maximum absolute atomic E-state index is 13.1. The molecule has 1 aromatic rings. The molecule has 140 valence electrons. The van der Waals surface area contributed by atoms with E-state index in [1.54, 1.807) is 20.7 Å². The first kappa shape index (κ1) is 18.6. The van der Waals surface area contributed by atoms with Crippen LogP contribution in [0.3, 0.4) is 0 Å². The molecule has 1 aromatic carbocycles. The van der Waals surface area contributed by atoms with Crippen molar-refractivity contribution in [1.82, 2.24) is 13.5 Å². The molecule has 0 saturated carbocycles. The zero-order chi connectivity index (χ0) is 17.9.